The molecule has 0 aliphatic carbocycles. The predicted molar refractivity (Wildman–Crippen MR) is 84.3 cm³/mol. The van der Waals surface area contributed by atoms with Gasteiger partial charge >= 0.3 is 128 Å². The zero-order valence-electron chi connectivity index (χ0n) is 11.1. The summed E-state index contributed by atoms with van der Waals surface area (Å²) in [6.45, 7) is 0. The standard InChI is InChI=1S/C13H10N6O2Te/c20-19(21)10-4-2-9(3-5-10)11-8-14-12-13(15-11)18(17-16-12)6-1-7-22/h1-8,17H,(H,14,16)/b6-1-. The molecule has 0 bridgehead atoms. The molecule has 2 N–H and O–H groups in total. The van der Waals surface area contributed by atoms with Crippen molar-refractivity contribution in [3.8, 4) is 11.3 Å². The monoisotopic (exact) mass is 412 g/mol. The number of allylic oxidation sites excluding steroid dienone is 1. The third kappa shape index (κ3) is 2.82. The van der Waals surface area contributed by atoms with E-state index < -0.39 is 4.92 Å². The van der Waals surface area contributed by atoms with Gasteiger partial charge in [-0.05, 0) is 0 Å². The van der Waals surface area contributed by atoms with Gasteiger partial charge in [-0.3, -0.25) is 10.1 Å². The number of nitrogens with zero attached hydrogens (tertiary/aromatic N) is 4. The van der Waals surface area contributed by atoms with Crippen LogP contribution in [-0.4, -0.2) is 40.8 Å². The van der Waals surface area contributed by atoms with E-state index in [2.05, 4.69) is 20.9 Å². The maximum atomic E-state index is 10.7. The van der Waals surface area contributed by atoms with Crippen LogP contribution in [0.25, 0.3) is 11.3 Å². The van der Waals surface area contributed by atoms with Gasteiger partial charge in [0.25, 0.3) is 0 Å². The van der Waals surface area contributed by atoms with Gasteiger partial charge in [-0.2, -0.15) is 0 Å². The number of nitrogens with one attached hydrogen (secondary N) is 2. The molecular weight excluding hydrogens is 400 g/mol. The van der Waals surface area contributed by atoms with Crippen molar-refractivity contribution in [3.05, 3.63) is 52.9 Å². The van der Waals surface area contributed by atoms with Gasteiger partial charge in [0, 0.05) is 0 Å². The molecule has 0 saturated carbocycles. The number of non-ortho nitro benzene ring substituents is 1. The molecule has 9 heteroatoms. The van der Waals surface area contributed by atoms with Crippen molar-refractivity contribution in [2.45, 2.75) is 0 Å². The molecular formula is C13H10N6O2Te. The van der Waals surface area contributed by atoms with E-state index in [1.165, 1.54) is 12.1 Å². The molecule has 2 aromatic rings. The van der Waals surface area contributed by atoms with Crippen LogP contribution >= 0.6 is 0 Å². The van der Waals surface area contributed by atoms with E-state index in [0.29, 0.717) is 17.3 Å². The first-order chi connectivity index (χ1) is 10.7. The fourth-order valence-electron chi connectivity index (χ4n) is 1.92. The van der Waals surface area contributed by atoms with E-state index in [4.69, 9.17) is 0 Å². The minimum atomic E-state index is -0.431. The number of nitro benzene ring substituents is 1. The Morgan fingerprint density at radius 1 is 1.32 bits per heavy atom. The normalized spacial score (nSPS) is 13.0. The van der Waals surface area contributed by atoms with Crippen molar-refractivity contribution in [3.63, 3.8) is 0 Å². The average Bonchev–Trinajstić information content (AvgIpc) is 2.95. The van der Waals surface area contributed by atoms with Gasteiger partial charge < -0.3 is 0 Å². The number of aromatic nitrogens is 2. The minimum absolute atomic E-state index is 0.0459. The molecule has 1 aromatic heterocycles. The van der Waals surface area contributed by atoms with Gasteiger partial charge in [-0.1, -0.05) is 0 Å². The van der Waals surface area contributed by atoms with Crippen molar-refractivity contribution in [1.82, 2.24) is 15.5 Å². The topological polar surface area (TPSA) is 96.2 Å². The fraction of sp³-hybridized carbons (Fsp3) is 0. The third-order valence-corrected chi connectivity index (χ3v) is 3.41. The van der Waals surface area contributed by atoms with E-state index >= 15 is 0 Å². The summed E-state index contributed by atoms with van der Waals surface area (Å²) in [6.07, 6.45) is 5.30. The SMILES string of the molecule is O=[N+]([O-])c1ccc(-c2cnc3c(n2)N(/C=C\C=[Te])NN3)cc1. The van der Waals surface area contributed by atoms with Crippen LogP contribution in [0.1, 0.15) is 0 Å². The summed E-state index contributed by atoms with van der Waals surface area (Å²) < 4.78 is 1.91. The number of hydrogen-bond donors (Lipinski definition) is 2. The molecule has 0 spiro atoms. The van der Waals surface area contributed by atoms with Crippen molar-refractivity contribution >= 4 is 43.2 Å². The Bertz CT molecular complexity index is 762. The van der Waals surface area contributed by atoms with Crippen molar-refractivity contribution in [1.29, 1.82) is 0 Å². The molecule has 0 radical (unpaired) electrons. The van der Waals surface area contributed by atoms with Crippen LogP contribution in [0.5, 0.6) is 0 Å². The molecule has 0 atom stereocenters. The average molecular weight is 410 g/mol. The molecule has 3 rings (SSSR count). The maximum absolute atomic E-state index is 10.7. The molecule has 1 aliphatic heterocycles. The van der Waals surface area contributed by atoms with Crippen LogP contribution in [-0.2, 0) is 0 Å². The first-order valence-corrected chi connectivity index (χ1v) is 7.58. The number of anilines is 2. The summed E-state index contributed by atoms with van der Waals surface area (Å²) in [7, 11) is 0. The van der Waals surface area contributed by atoms with Crippen molar-refractivity contribution < 1.29 is 4.92 Å². The Kier molecular flexibility index (Phi) is 4.11. The summed E-state index contributed by atoms with van der Waals surface area (Å²) in [4.78, 5) is 19.1. The molecule has 0 unspecified atom stereocenters. The molecule has 110 valence electrons. The quantitative estimate of drug-likeness (QED) is 0.444. The Morgan fingerprint density at radius 3 is 2.77 bits per heavy atom. The van der Waals surface area contributed by atoms with Crippen molar-refractivity contribution in [2.24, 2.45) is 0 Å². The Hall–Kier alpha value is -2.34. The summed E-state index contributed by atoms with van der Waals surface area (Å²) >= 11 is 1.85. The molecule has 0 amide bonds. The van der Waals surface area contributed by atoms with E-state index in [1.54, 1.807) is 23.3 Å². The fourth-order valence-corrected chi connectivity index (χ4v) is 2.12. The van der Waals surface area contributed by atoms with Crippen LogP contribution < -0.4 is 16.0 Å². The zero-order valence-corrected chi connectivity index (χ0v) is 13.5. The molecule has 2 heterocycles. The number of rotatable bonds is 4. The van der Waals surface area contributed by atoms with E-state index in [-0.39, 0.29) is 5.69 Å². The Morgan fingerprint density at radius 2 is 2.09 bits per heavy atom. The second-order valence-electron chi connectivity index (χ2n) is 4.32. The summed E-state index contributed by atoms with van der Waals surface area (Å²) in [5, 5.41) is 12.4. The van der Waals surface area contributed by atoms with Crippen molar-refractivity contribution in [2.75, 3.05) is 10.4 Å². The van der Waals surface area contributed by atoms with Gasteiger partial charge in [0.05, 0.1) is 0 Å². The van der Waals surface area contributed by atoms with Gasteiger partial charge in [0.15, 0.2) is 0 Å². The molecule has 22 heavy (non-hydrogen) atoms. The van der Waals surface area contributed by atoms with Gasteiger partial charge in [-0.15, -0.1) is 0 Å². The van der Waals surface area contributed by atoms with E-state index in [9.17, 15) is 10.1 Å². The molecule has 8 nitrogen and oxygen atoms in total. The molecule has 1 aromatic carbocycles. The number of hydrazine groups is 2. The van der Waals surface area contributed by atoms with E-state index in [0.717, 1.165) is 5.56 Å². The van der Waals surface area contributed by atoms with Crippen LogP contribution in [0, 0.1) is 10.1 Å². The second kappa shape index (κ2) is 6.19. The molecule has 0 saturated heterocycles. The summed E-state index contributed by atoms with van der Waals surface area (Å²) in [5.74, 6) is 1.25. The second-order valence-corrected chi connectivity index (χ2v) is 5.09. The van der Waals surface area contributed by atoms with Gasteiger partial charge in [0.2, 0.25) is 0 Å². The summed E-state index contributed by atoms with van der Waals surface area (Å²) in [5.41, 5.74) is 7.28. The molecule has 1 aliphatic rings. The first-order valence-electron chi connectivity index (χ1n) is 6.24. The first kappa shape index (κ1) is 14.6. The van der Waals surface area contributed by atoms with Crippen LogP contribution in [0.3, 0.4) is 0 Å². The van der Waals surface area contributed by atoms with E-state index in [1.807, 2.05) is 38.2 Å². The van der Waals surface area contributed by atoms with Gasteiger partial charge in [0.1, 0.15) is 0 Å². The zero-order chi connectivity index (χ0) is 15.5. The van der Waals surface area contributed by atoms with Crippen LogP contribution in [0.2, 0.25) is 0 Å². The van der Waals surface area contributed by atoms with Crippen LogP contribution in [0.4, 0.5) is 17.3 Å². The van der Waals surface area contributed by atoms with Crippen LogP contribution in [0.15, 0.2) is 42.7 Å². The Labute approximate surface area is 138 Å². The summed E-state index contributed by atoms with van der Waals surface area (Å²) in [6, 6.07) is 6.21. The van der Waals surface area contributed by atoms with Gasteiger partial charge in [-0.25, -0.2) is 0 Å². The Balaban J connectivity index is 1.94. The number of nitro groups is 1. The predicted octanol–water partition coefficient (Wildman–Crippen LogP) is 1.19. The number of hydrogen-bond acceptors (Lipinski definition) is 7. The number of benzene rings is 1. The number of fused-ring (bicyclic) bond motifs is 1. The third-order valence-electron chi connectivity index (χ3n) is 2.96. The molecule has 0 fully saturated rings.